The molecule has 0 saturated carbocycles. The number of amides is 1. The number of hydrogen-bond donors (Lipinski definition) is 2. The number of rotatable bonds is 5. The Labute approximate surface area is 169 Å². The zero-order valence-corrected chi connectivity index (χ0v) is 16.4. The number of pyridine rings is 1. The standard InChI is InChI=1S/C24H22N4O/c1-16(2)20-10-6-7-11-21(20)18-12-19(15-25-14-18)26-24(29)23-13-22(27-28-23)17-8-4-3-5-9-17/h3-16H,1-2H3,(H,26,29)(H,27,28). The molecule has 0 aliphatic rings. The van der Waals surface area contributed by atoms with E-state index in [2.05, 4.69) is 46.5 Å². The van der Waals surface area contributed by atoms with Crippen molar-refractivity contribution in [2.24, 2.45) is 0 Å². The number of benzene rings is 2. The largest absolute Gasteiger partial charge is 0.319 e. The summed E-state index contributed by atoms with van der Waals surface area (Å²) in [5.74, 6) is 0.140. The van der Waals surface area contributed by atoms with Crippen molar-refractivity contribution < 1.29 is 4.79 Å². The predicted octanol–water partition coefficient (Wildman–Crippen LogP) is 5.51. The number of anilines is 1. The monoisotopic (exact) mass is 382 g/mol. The van der Waals surface area contributed by atoms with Crippen LogP contribution >= 0.6 is 0 Å². The Hall–Kier alpha value is -3.73. The SMILES string of the molecule is CC(C)c1ccccc1-c1cncc(NC(=O)c2cc(-c3ccccc3)n[nH]2)c1. The predicted molar refractivity (Wildman–Crippen MR) is 116 cm³/mol. The van der Waals surface area contributed by atoms with Crippen LogP contribution in [0.5, 0.6) is 0 Å². The molecule has 2 aromatic heterocycles. The van der Waals surface area contributed by atoms with E-state index >= 15 is 0 Å². The van der Waals surface area contributed by atoms with E-state index in [0.29, 0.717) is 17.3 Å². The average molecular weight is 382 g/mol. The number of hydrogen-bond acceptors (Lipinski definition) is 3. The van der Waals surface area contributed by atoms with Crippen molar-refractivity contribution in [2.75, 3.05) is 5.32 Å². The fraction of sp³-hybridized carbons (Fsp3) is 0.125. The molecule has 0 unspecified atom stereocenters. The molecule has 144 valence electrons. The van der Waals surface area contributed by atoms with Crippen LogP contribution in [0.25, 0.3) is 22.4 Å². The Morgan fingerprint density at radius 1 is 0.931 bits per heavy atom. The number of nitrogens with one attached hydrogen (secondary N) is 2. The highest BCUT2D eigenvalue weighted by Crippen LogP contribution is 2.30. The number of aromatic nitrogens is 3. The minimum absolute atomic E-state index is 0.254. The molecule has 2 N–H and O–H groups in total. The van der Waals surface area contributed by atoms with E-state index in [0.717, 1.165) is 22.4 Å². The van der Waals surface area contributed by atoms with Gasteiger partial charge in [-0.25, -0.2) is 0 Å². The fourth-order valence-electron chi connectivity index (χ4n) is 3.31. The van der Waals surface area contributed by atoms with E-state index in [9.17, 15) is 4.79 Å². The molecule has 4 aromatic rings. The van der Waals surface area contributed by atoms with E-state index in [1.54, 1.807) is 12.3 Å². The van der Waals surface area contributed by atoms with Crippen LogP contribution in [0.4, 0.5) is 5.69 Å². The van der Waals surface area contributed by atoms with Crippen LogP contribution in [-0.2, 0) is 0 Å². The molecule has 2 heterocycles. The lowest BCUT2D eigenvalue weighted by atomic mass is 9.93. The van der Waals surface area contributed by atoms with Gasteiger partial charge in [0.05, 0.1) is 17.6 Å². The Kier molecular flexibility index (Phi) is 5.20. The lowest BCUT2D eigenvalue weighted by Crippen LogP contribution is -2.12. The van der Waals surface area contributed by atoms with Crippen molar-refractivity contribution in [3.63, 3.8) is 0 Å². The number of aromatic amines is 1. The maximum absolute atomic E-state index is 12.7. The maximum Gasteiger partial charge on any atom is 0.273 e. The van der Waals surface area contributed by atoms with Crippen molar-refractivity contribution in [3.8, 4) is 22.4 Å². The van der Waals surface area contributed by atoms with Crippen molar-refractivity contribution in [1.29, 1.82) is 0 Å². The minimum Gasteiger partial charge on any atom is -0.319 e. The van der Waals surface area contributed by atoms with E-state index in [-0.39, 0.29) is 5.91 Å². The van der Waals surface area contributed by atoms with Gasteiger partial charge in [0.2, 0.25) is 0 Å². The van der Waals surface area contributed by atoms with E-state index < -0.39 is 0 Å². The Morgan fingerprint density at radius 2 is 1.69 bits per heavy atom. The van der Waals surface area contributed by atoms with Crippen LogP contribution in [0.15, 0.2) is 79.1 Å². The highest BCUT2D eigenvalue weighted by Gasteiger charge is 2.13. The van der Waals surface area contributed by atoms with Crippen LogP contribution in [0.2, 0.25) is 0 Å². The summed E-state index contributed by atoms with van der Waals surface area (Å²) in [4.78, 5) is 17.0. The zero-order chi connectivity index (χ0) is 20.2. The smallest absolute Gasteiger partial charge is 0.273 e. The Balaban J connectivity index is 1.56. The van der Waals surface area contributed by atoms with E-state index in [1.807, 2.05) is 54.7 Å². The summed E-state index contributed by atoms with van der Waals surface area (Å²) in [7, 11) is 0. The molecule has 0 atom stereocenters. The first-order chi connectivity index (χ1) is 14.1. The summed E-state index contributed by atoms with van der Waals surface area (Å²) < 4.78 is 0. The molecule has 0 bridgehead atoms. The summed E-state index contributed by atoms with van der Waals surface area (Å²) in [6.07, 6.45) is 3.47. The summed E-state index contributed by atoms with van der Waals surface area (Å²) in [5.41, 5.74) is 6.07. The number of nitrogens with zero attached hydrogens (tertiary/aromatic N) is 2. The van der Waals surface area contributed by atoms with Crippen molar-refractivity contribution in [2.45, 2.75) is 19.8 Å². The number of carbonyl (C=O) groups is 1. The third-order valence-corrected chi connectivity index (χ3v) is 4.78. The first-order valence-electron chi connectivity index (χ1n) is 9.58. The molecule has 4 rings (SSSR count). The number of H-pyrrole nitrogens is 1. The second kappa shape index (κ2) is 8.10. The molecule has 0 spiro atoms. The third kappa shape index (κ3) is 4.09. The highest BCUT2D eigenvalue weighted by atomic mass is 16.1. The second-order valence-electron chi connectivity index (χ2n) is 7.19. The van der Waals surface area contributed by atoms with Gasteiger partial charge in [-0.1, -0.05) is 68.4 Å². The molecular formula is C24H22N4O. The Morgan fingerprint density at radius 3 is 2.48 bits per heavy atom. The van der Waals surface area contributed by atoms with Gasteiger partial charge in [0.25, 0.3) is 5.91 Å². The van der Waals surface area contributed by atoms with E-state index in [4.69, 9.17) is 0 Å². The lowest BCUT2D eigenvalue weighted by Gasteiger charge is -2.13. The van der Waals surface area contributed by atoms with Gasteiger partial charge < -0.3 is 5.32 Å². The van der Waals surface area contributed by atoms with Crippen LogP contribution in [0.1, 0.15) is 35.8 Å². The summed E-state index contributed by atoms with van der Waals surface area (Å²) in [5, 5.41) is 9.97. The van der Waals surface area contributed by atoms with Gasteiger partial charge in [0, 0.05) is 17.3 Å². The van der Waals surface area contributed by atoms with Crippen molar-refractivity contribution in [3.05, 3.63) is 90.4 Å². The molecule has 0 saturated heterocycles. The van der Waals surface area contributed by atoms with Gasteiger partial charge in [-0.05, 0) is 29.2 Å². The molecule has 0 fully saturated rings. The molecule has 29 heavy (non-hydrogen) atoms. The van der Waals surface area contributed by atoms with Gasteiger partial charge in [0.15, 0.2) is 0 Å². The molecule has 0 aliphatic carbocycles. The third-order valence-electron chi connectivity index (χ3n) is 4.78. The summed E-state index contributed by atoms with van der Waals surface area (Å²) in [6.45, 7) is 4.33. The van der Waals surface area contributed by atoms with Crippen LogP contribution in [-0.4, -0.2) is 21.1 Å². The maximum atomic E-state index is 12.7. The molecular weight excluding hydrogens is 360 g/mol. The first kappa shape index (κ1) is 18.6. The highest BCUT2D eigenvalue weighted by molar-refractivity contribution is 6.03. The average Bonchev–Trinajstić information content (AvgIpc) is 3.25. The van der Waals surface area contributed by atoms with E-state index in [1.165, 1.54) is 5.56 Å². The van der Waals surface area contributed by atoms with Gasteiger partial charge >= 0.3 is 0 Å². The number of carbonyl (C=O) groups excluding carboxylic acids is 1. The second-order valence-corrected chi connectivity index (χ2v) is 7.19. The molecule has 0 radical (unpaired) electrons. The minimum atomic E-state index is -0.254. The van der Waals surface area contributed by atoms with Gasteiger partial charge in [-0.15, -0.1) is 0 Å². The zero-order valence-electron chi connectivity index (χ0n) is 16.4. The molecule has 5 heteroatoms. The lowest BCUT2D eigenvalue weighted by molar-refractivity contribution is 0.102. The summed E-state index contributed by atoms with van der Waals surface area (Å²) in [6, 6.07) is 21.7. The van der Waals surface area contributed by atoms with Gasteiger partial charge in [-0.3, -0.25) is 14.9 Å². The molecule has 2 aromatic carbocycles. The van der Waals surface area contributed by atoms with Gasteiger partial charge in [0.1, 0.15) is 5.69 Å². The summed E-state index contributed by atoms with van der Waals surface area (Å²) >= 11 is 0. The molecule has 1 amide bonds. The van der Waals surface area contributed by atoms with Crippen molar-refractivity contribution >= 4 is 11.6 Å². The van der Waals surface area contributed by atoms with Crippen molar-refractivity contribution in [1.82, 2.24) is 15.2 Å². The van der Waals surface area contributed by atoms with Crippen LogP contribution in [0, 0.1) is 0 Å². The normalized spacial score (nSPS) is 10.9. The topological polar surface area (TPSA) is 70.7 Å². The van der Waals surface area contributed by atoms with Crippen LogP contribution in [0.3, 0.4) is 0 Å². The molecule has 0 aliphatic heterocycles. The first-order valence-corrected chi connectivity index (χ1v) is 9.58. The quantitative estimate of drug-likeness (QED) is 0.478. The molecule has 5 nitrogen and oxygen atoms in total. The van der Waals surface area contributed by atoms with Crippen LogP contribution < -0.4 is 5.32 Å². The Bertz CT molecular complexity index is 1130. The fourth-order valence-corrected chi connectivity index (χ4v) is 3.31. The van der Waals surface area contributed by atoms with Gasteiger partial charge in [-0.2, -0.15) is 5.10 Å².